The van der Waals surface area contributed by atoms with Crippen LogP contribution in [0.4, 0.5) is 42.1 Å². The molecule has 1 aliphatic heterocycles. The molecule has 0 fully saturated rings. The maximum atomic E-state index is 13.2. The second-order valence-electron chi connectivity index (χ2n) is 6.21. The summed E-state index contributed by atoms with van der Waals surface area (Å²) in [6.07, 6.45) is -10.8. The van der Waals surface area contributed by atoms with E-state index < -0.39 is 47.2 Å². The Morgan fingerprint density at radius 1 is 0.963 bits per heavy atom. The van der Waals surface area contributed by atoms with Crippen molar-refractivity contribution >= 4 is 11.4 Å². The zero-order chi connectivity index (χ0) is 20.0. The fourth-order valence-corrected chi connectivity index (χ4v) is 2.93. The molecule has 2 aromatic rings. The summed E-state index contributed by atoms with van der Waals surface area (Å²) < 4.78 is 91.7. The second-order valence-corrected chi connectivity index (χ2v) is 6.21. The van der Waals surface area contributed by atoms with E-state index in [2.05, 4.69) is 10.6 Å². The lowest BCUT2D eigenvalue weighted by Crippen LogP contribution is -2.44. The van der Waals surface area contributed by atoms with Crippen LogP contribution in [0.3, 0.4) is 0 Å². The first-order chi connectivity index (χ1) is 12.4. The molecule has 0 radical (unpaired) electrons. The van der Waals surface area contributed by atoms with Crippen LogP contribution in [0.5, 0.6) is 0 Å². The molecule has 10 heteroatoms. The van der Waals surface area contributed by atoms with Crippen molar-refractivity contribution in [3.63, 3.8) is 0 Å². The number of hydrogen-bond donors (Lipinski definition) is 3. The van der Waals surface area contributed by atoms with Gasteiger partial charge in [-0.2, -0.15) is 26.3 Å². The Kier molecular flexibility index (Phi) is 4.71. The van der Waals surface area contributed by atoms with E-state index in [1.54, 1.807) is 6.07 Å². The molecule has 0 saturated carbocycles. The van der Waals surface area contributed by atoms with Crippen molar-refractivity contribution in [1.29, 1.82) is 0 Å². The minimum Gasteiger partial charge on any atom is -0.362 e. The van der Waals surface area contributed by atoms with Crippen LogP contribution in [0.25, 0.3) is 0 Å². The van der Waals surface area contributed by atoms with Gasteiger partial charge in [-0.15, -0.1) is 0 Å². The number of anilines is 2. The van der Waals surface area contributed by atoms with Gasteiger partial charge in [0, 0.05) is 6.04 Å². The highest BCUT2D eigenvalue weighted by Gasteiger charge is 2.42. The Morgan fingerprint density at radius 2 is 1.67 bits per heavy atom. The van der Waals surface area contributed by atoms with Crippen LogP contribution in [0, 0.1) is 5.82 Å². The van der Waals surface area contributed by atoms with Gasteiger partial charge in [-0.05, 0) is 36.2 Å². The van der Waals surface area contributed by atoms with Crippen molar-refractivity contribution < 1.29 is 30.7 Å². The third-order valence-corrected chi connectivity index (χ3v) is 4.17. The molecular weight excluding hydrogens is 379 g/mol. The van der Waals surface area contributed by atoms with Crippen LogP contribution in [0.1, 0.15) is 16.7 Å². The number of nitrogens with two attached hydrogens (primary N) is 1. The zero-order valence-electron chi connectivity index (χ0n) is 13.5. The maximum Gasteiger partial charge on any atom is 0.418 e. The number of benzene rings is 2. The van der Waals surface area contributed by atoms with E-state index in [0.717, 1.165) is 0 Å². The highest BCUT2D eigenvalue weighted by molar-refractivity contribution is 5.79. The fraction of sp³-hybridized carbons (Fsp3) is 0.294. The molecule has 0 aliphatic carbocycles. The Morgan fingerprint density at radius 3 is 2.26 bits per heavy atom. The molecule has 3 nitrogen and oxygen atoms in total. The van der Waals surface area contributed by atoms with E-state index in [1.807, 2.05) is 0 Å². The Balaban J connectivity index is 1.88. The van der Waals surface area contributed by atoms with Gasteiger partial charge in [0.1, 0.15) is 12.0 Å². The lowest BCUT2D eigenvalue weighted by atomic mass is 10.0. The molecule has 146 valence electrons. The molecule has 2 atom stereocenters. The van der Waals surface area contributed by atoms with E-state index in [1.165, 1.54) is 18.2 Å². The molecule has 1 unspecified atom stereocenters. The molecule has 1 aliphatic rings. The van der Waals surface area contributed by atoms with Gasteiger partial charge in [0.05, 0.1) is 22.5 Å². The standard InChI is InChI=1S/C17H14F7N3/c18-10-3-1-2-8(4-10)5-12(25)15-26-13-7-9(16(19,20)21)6-11(14(13)27-15)17(22,23)24/h1-4,6-7,12,15,26-27H,5,25H2/t12-,15?/m1/s1. The van der Waals surface area contributed by atoms with E-state index in [0.29, 0.717) is 11.6 Å². The summed E-state index contributed by atoms with van der Waals surface area (Å²) in [5.41, 5.74) is 2.81. The molecule has 0 saturated heterocycles. The normalized spacial score (nSPS) is 17.9. The molecule has 1 heterocycles. The van der Waals surface area contributed by atoms with Gasteiger partial charge in [0.15, 0.2) is 0 Å². The summed E-state index contributed by atoms with van der Waals surface area (Å²) in [6.45, 7) is 0. The SMILES string of the molecule is N[C@H](Cc1cccc(F)c1)C1Nc2cc(C(F)(F)F)cc(C(F)(F)F)c2N1. The highest BCUT2D eigenvalue weighted by Crippen LogP contribution is 2.45. The molecule has 4 N–H and O–H groups in total. The van der Waals surface area contributed by atoms with Gasteiger partial charge in [-0.25, -0.2) is 4.39 Å². The first kappa shape index (κ1) is 19.3. The number of alkyl halides is 6. The summed E-state index contributed by atoms with van der Waals surface area (Å²) in [5.74, 6) is -0.496. The molecule has 0 bridgehead atoms. The van der Waals surface area contributed by atoms with E-state index in [-0.39, 0.29) is 18.2 Å². The summed E-state index contributed by atoms with van der Waals surface area (Å²) in [6, 6.07) is 5.35. The number of halogens is 7. The molecular formula is C17H14F7N3. The third-order valence-electron chi connectivity index (χ3n) is 4.17. The quantitative estimate of drug-likeness (QED) is 0.669. The van der Waals surface area contributed by atoms with Gasteiger partial charge < -0.3 is 16.4 Å². The van der Waals surface area contributed by atoms with E-state index in [4.69, 9.17) is 5.73 Å². The Hall–Kier alpha value is -2.49. The fourth-order valence-electron chi connectivity index (χ4n) is 2.93. The topological polar surface area (TPSA) is 50.1 Å². The van der Waals surface area contributed by atoms with Crippen LogP contribution in [-0.4, -0.2) is 12.2 Å². The van der Waals surface area contributed by atoms with Crippen molar-refractivity contribution in [3.05, 3.63) is 58.9 Å². The predicted molar refractivity (Wildman–Crippen MR) is 85.6 cm³/mol. The average molecular weight is 393 g/mol. The van der Waals surface area contributed by atoms with Crippen LogP contribution in [0.2, 0.25) is 0 Å². The van der Waals surface area contributed by atoms with Gasteiger partial charge >= 0.3 is 12.4 Å². The second kappa shape index (κ2) is 6.59. The van der Waals surface area contributed by atoms with Crippen molar-refractivity contribution in [1.82, 2.24) is 0 Å². The van der Waals surface area contributed by atoms with E-state index in [9.17, 15) is 30.7 Å². The summed E-state index contributed by atoms with van der Waals surface area (Å²) in [4.78, 5) is 0. The number of nitrogens with one attached hydrogen (secondary N) is 2. The zero-order valence-corrected chi connectivity index (χ0v) is 13.5. The predicted octanol–water partition coefficient (Wildman–Crippen LogP) is 4.60. The Bertz CT molecular complexity index is 845. The third kappa shape index (κ3) is 4.10. The van der Waals surface area contributed by atoms with Crippen molar-refractivity contribution in [2.45, 2.75) is 31.0 Å². The van der Waals surface area contributed by atoms with E-state index >= 15 is 0 Å². The molecule has 0 amide bonds. The summed E-state index contributed by atoms with van der Waals surface area (Å²) in [7, 11) is 0. The molecule has 3 rings (SSSR count). The van der Waals surface area contributed by atoms with Crippen molar-refractivity contribution in [2.75, 3.05) is 10.6 Å². The summed E-state index contributed by atoms with van der Waals surface area (Å²) in [5, 5.41) is 5.07. The number of fused-ring (bicyclic) bond motifs is 1. The maximum absolute atomic E-state index is 13.2. The summed E-state index contributed by atoms with van der Waals surface area (Å²) >= 11 is 0. The highest BCUT2D eigenvalue weighted by atomic mass is 19.4. The first-order valence-electron chi connectivity index (χ1n) is 7.80. The average Bonchev–Trinajstić information content (AvgIpc) is 2.96. The minimum absolute atomic E-state index is 0.0635. The molecule has 0 aromatic heterocycles. The van der Waals surface area contributed by atoms with Crippen LogP contribution in [-0.2, 0) is 18.8 Å². The van der Waals surface area contributed by atoms with Gasteiger partial charge in [0.25, 0.3) is 0 Å². The lowest BCUT2D eigenvalue weighted by molar-refractivity contribution is -0.142. The van der Waals surface area contributed by atoms with Crippen LogP contribution >= 0.6 is 0 Å². The van der Waals surface area contributed by atoms with Crippen molar-refractivity contribution in [2.24, 2.45) is 5.73 Å². The van der Waals surface area contributed by atoms with Gasteiger partial charge in [-0.3, -0.25) is 0 Å². The van der Waals surface area contributed by atoms with Crippen molar-refractivity contribution in [3.8, 4) is 0 Å². The number of hydrogen-bond acceptors (Lipinski definition) is 3. The monoisotopic (exact) mass is 393 g/mol. The Labute approximate surface area is 149 Å². The largest absolute Gasteiger partial charge is 0.418 e. The molecule has 2 aromatic carbocycles. The number of rotatable bonds is 3. The van der Waals surface area contributed by atoms with Crippen LogP contribution in [0.15, 0.2) is 36.4 Å². The molecule has 0 spiro atoms. The minimum atomic E-state index is -4.98. The van der Waals surface area contributed by atoms with Crippen LogP contribution < -0.4 is 16.4 Å². The lowest BCUT2D eigenvalue weighted by Gasteiger charge is -2.21. The molecule has 27 heavy (non-hydrogen) atoms. The first-order valence-corrected chi connectivity index (χ1v) is 7.80. The smallest absolute Gasteiger partial charge is 0.362 e. The van der Waals surface area contributed by atoms with Gasteiger partial charge in [-0.1, -0.05) is 12.1 Å². The van der Waals surface area contributed by atoms with Gasteiger partial charge in [0.2, 0.25) is 0 Å².